The second kappa shape index (κ2) is 6.23. The number of furan rings is 1. The molecule has 6 heteroatoms. The van der Waals surface area contributed by atoms with Gasteiger partial charge in [-0.2, -0.15) is 0 Å². The van der Waals surface area contributed by atoms with E-state index in [0.717, 1.165) is 23.1 Å². The van der Waals surface area contributed by atoms with Gasteiger partial charge in [0.15, 0.2) is 0 Å². The van der Waals surface area contributed by atoms with E-state index in [1.807, 2.05) is 26.8 Å². The molecule has 11 atom stereocenters. The van der Waals surface area contributed by atoms with Gasteiger partial charge in [-0.25, -0.2) is 0 Å². The maximum absolute atomic E-state index is 11.4. The van der Waals surface area contributed by atoms with Crippen LogP contribution in [0.3, 0.4) is 0 Å². The van der Waals surface area contributed by atoms with Crippen molar-refractivity contribution < 1.29 is 32.0 Å². The molecule has 6 rings (SSSR count). The standard InChI is InChI=1S/C25H34O6/c1-12-14(13-5-6-29-10-13)7-15-19(12)25(4)16(9-26)24(3)18(28)8-17(27)23(2)11-30-20(21(23)24)22(25)31-15/h5-6,10,14-18,20-22,26-28H,7-9,11H2,1-4H3/t14-,15-,16-,17-,18+,20-,21+,22-,23-,24+,25-/m1/s1/i9D2. The minimum absolute atomic E-state index is 0.102. The normalized spacial score (nSPS) is 56.7. The van der Waals surface area contributed by atoms with Gasteiger partial charge < -0.3 is 29.2 Å². The number of allylic oxidation sites excluding steroid dienone is 1. The molecular formula is C25H34O6. The lowest BCUT2D eigenvalue weighted by Gasteiger charge is -2.64. The molecule has 0 unspecified atom stereocenters. The first-order valence-corrected chi connectivity index (χ1v) is 11.4. The van der Waals surface area contributed by atoms with Gasteiger partial charge in [-0.1, -0.05) is 26.3 Å². The molecule has 1 aromatic heterocycles. The van der Waals surface area contributed by atoms with Crippen molar-refractivity contribution in [2.24, 2.45) is 28.1 Å². The van der Waals surface area contributed by atoms with Crippen molar-refractivity contribution in [3.05, 3.63) is 35.3 Å². The van der Waals surface area contributed by atoms with Crippen LogP contribution in [0.15, 0.2) is 34.2 Å². The highest BCUT2D eigenvalue weighted by Crippen LogP contribution is 2.72. The van der Waals surface area contributed by atoms with Crippen LogP contribution in [0.2, 0.25) is 0 Å². The molecule has 3 heterocycles. The Labute approximate surface area is 186 Å². The Bertz CT molecular complexity index is 1000. The molecule has 0 bridgehead atoms. The highest BCUT2D eigenvalue weighted by molar-refractivity contribution is 5.45. The van der Waals surface area contributed by atoms with Crippen molar-refractivity contribution >= 4 is 0 Å². The molecule has 3 N–H and O–H groups in total. The zero-order valence-electron chi connectivity index (χ0n) is 20.5. The molecule has 0 spiro atoms. The molecule has 4 fully saturated rings. The lowest BCUT2D eigenvalue weighted by atomic mass is 9.40. The summed E-state index contributed by atoms with van der Waals surface area (Å²) in [5.41, 5.74) is 0.666. The third-order valence-corrected chi connectivity index (χ3v) is 10.0. The zero-order valence-corrected chi connectivity index (χ0v) is 18.5. The van der Waals surface area contributed by atoms with Gasteiger partial charge in [0.05, 0.1) is 52.4 Å². The quantitative estimate of drug-likeness (QED) is 0.623. The van der Waals surface area contributed by atoms with Crippen molar-refractivity contribution in [1.82, 2.24) is 0 Å². The van der Waals surface area contributed by atoms with E-state index in [9.17, 15) is 15.3 Å². The predicted octanol–water partition coefficient (Wildman–Crippen LogP) is 2.63. The Morgan fingerprint density at radius 3 is 2.65 bits per heavy atom. The van der Waals surface area contributed by atoms with Gasteiger partial charge in [0, 0.05) is 47.0 Å². The van der Waals surface area contributed by atoms with Crippen LogP contribution >= 0.6 is 0 Å². The molecule has 3 aliphatic carbocycles. The molecule has 31 heavy (non-hydrogen) atoms. The van der Waals surface area contributed by atoms with Crippen molar-refractivity contribution in [2.75, 3.05) is 13.2 Å². The molecule has 6 nitrogen and oxygen atoms in total. The first kappa shape index (κ1) is 18.3. The van der Waals surface area contributed by atoms with E-state index >= 15 is 0 Å². The number of fused-ring (bicyclic) bond motifs is 4. The number of aliphatic hydroxyl groups is 3. The number of ether oxygens (including phenoxy) is 2. The fourth-order valence-electron chi connectivity index (χ4n) is 8.62. The van der Waals surface area contributed by atoms with Gasteiger partial charge in [0.25, 0.3) is 0 Å². The Morgan fingerprint density at radius 1 is 1.19 bits per heavy atom. The SMILES string of the molecule is [2H]C([2H])(O)[C@H]1[C@]2(C)C3=C(C)[C@H](c4ccoc4)C[C@H]3O[C@@H]2[C@@H]2OC[C@]3(C)[C@H](O)C[C@H](O)[C@@]1(C)[C@@H]23. The van der Waals surface area contributed by atoms with Gasteiger partial charge >= 0.3 is 0 Å². The minimum Gasteiger partial charge on any atom is -0.472 e. The maximum atomic E-state index is 11.4. The third-order valence-electron chi connectivity index (χ3n) is 10.0. The number of rotatable bonds is 2. The molecule has 0 radical (unpaired) electrons. The van der Waals surface area contributed by atoms with Crippen LogP contribution in [-0.4, -0.2) is 59.0 Å². The van der Waals surface area contributed by atoms with Crippen LogP contribution in [0.1, 0.15) is 54.8 Å². The Balaban J connectivity index is 1.58. The van der Waals surface area contributed by atoms with Crippen molar-refractivity contribution in [3.8, 4) is 0 Å². The number of hydrogen-bond acceptors (Lipinski definition) is 6. The van der Waals surface area contributed by atoms with Crippen LogP contribution in [0, 0.1) is 28.1 Å². The summed E-state index contributed by atoms with van der Waals surface area (Å²) in [6.07, 6.45) is 1.43. The molecule has 2 saturated heterocycles. The summed E-state index contributed by atoms with van der Waals surface area (Å²) >= 11 is 0. The molecule has 0 amide bonds. The summed E-state index contributed by atoms with van der Waals surface area (Å²) in [5, 5.41) is 33.5. The van der Waals surface area contributed by atoms with Crippen molar-refractivity contribution in [1.29, 1.82) is 0 Å². The Hall–Kier alpha value is -1.18. The van der Waals surface area contributed by atoms with Crippen LogP contribution in [0.25, 0.3) is 0 Å². The summed E-state index contributed by atoms with van der Waals surface area (Å²) < 4.78 is 35.6. The average molecular weight is 433 g/mol. The second-order valence-electron chi connectivity index (χ2n) is 11.2. The number of hydrogen-bond donors (Lipinski definition) is 3. The fraction of sp³-hybridized carbons (Fsp3) is 0.760. The Morgan fingerprint density at radius 2 is 1.97 bits per heavy atom. The van der Waals surface area contributed by atoms with Crippen LogP contribution in [-0.2, 0) is 9.47 Å². The van der Waals surface area contributed by atoms with Gasteiger partial charge in [-0.15, -0.1) is 0 Å². The van der Waals surface area contributed by atoms with Gasteiger partial charge in [0.1, 0.15) is 0 Å². The first-order valence-electron chi connectivity index (χ1n) is 12.4. The molecular weight excluding hydrogens is 396 g/mol. The lowest BCUT2D eigenvalue weighted by molar-refractivity contribution is -0.247. The molecule has 0 aromatic carbocycles. The second-order valence-corrected chi connectivity index (χ2v) is 11.2. The fourth-order valence-corrected chi connectivity index (χ4v) is 8.62. The van der Waals surface area contributed by atoms with Crippen molar-refractivity contribution in [3.63, 3.8) is 0 Å². The van der Waals surface area contributed by atoms with Crippen molar-refractivity contribution in [2.45, 2.75) is 77.0 Å². The van der Waals surface area contributed by atoms with E-state index in [-0.39, 0.29) is 24.4 Å². The summed E-state index contributed by atoms with van der Waals surface area (Å²) in [4.78, 5) is 0. The van der Waals surface area contributed by atoms with Crippen LogP contribution in [0.4, 0.5) is 0 Å². The maximum Gasteiger partial charge on any atom is 0.0943 e. The summed E-state index contributed by atoms with van der Waals surface area (Å²) in [7, 11) is 0. The van der Waals surface area contributed by atoms with Crippen LogP contribution < -0.4 is 0 Å². The van der Waals surface area contributed by atoms with E-state index in [1.165, 1.54) is 0 Å². The Kier molecular flexibility index (Phi) is 3.67. The third kappa shape index (κ3) is 2.17. The molecule has 2 aliphatic heterocycles. The van der Waals surface area contributed by atoms with Gasteiger partial charge in [0.2, 0.25) is 0 Å². The highest BCUT2D eigenvalue weighted by atomic mass is 16.6. The highest BCUT2D eigenvalue weighted by Gasteiger charge is 2.76. The largest absolute Gasteiger partial charge is 0.472 e. The van der Waals surface area contributed by atoms with E-state index in [1.54, 1.807) is 12.5 Å². The molecule has 170 valence electrons. The van der Waals surface area contributed by atoms with E-state index in [4.69, 9.17) is 16.6 Å². The average Bonchev–Trinajstić information content (AvgIpc) is 3.45. The van der Waals surface area contributed by atoms with Crippen LogP contribution in [0.5, 0.6) is 0 Å². The van der Waals surface area contributed by atoms with E-state index in [2.05, 4.69) is 6.92 Å². The monoisotopic (exact) mass is 432 g/mol. The molecule has 2 saturated carbocycles. The first-order chi connectivity index (χ1) is 15.4. The summed E-state index contributed by atoms with van der Waals surface area (Å²) in [6.45, 7) is 5.67. The topological polar surface area (TPSA) is 92.3 Å². The molecule has 5 aliphatic rings. The summed E-state index contributed by atoms with van der Waals surface area (Å²) in [5.74, 6) is -1.19. The lowest BCUT2D eigenvalue weighted by Crippen LogP contribution is -2.70. The molecule has 1 aromatic rings. The summed E-state index contributed by atoms with van der Waals surface area (Å²) in [6, 6.07) is 1.95. The van der Waals surface area contributed by atoms with Gasteiger partial charge in [-0.05, 0) is 30.5 Å². The number of aliphatic hydroxyl groups excluding tert-OH is 2. The van der Waals surface area contributed by atoms with E-state index < -0.39 is 53.1 Å². The van der Waals surface area contributed by atoms with Gasteiger partial charge in [-0.3, -0.25) is 0 Å². The predicted molar refractivity (Wildman–Crippen MR) is 112 cm³/mol. The smallest absolute Gasteiger partial charge is 0.0943 e. The minimum atomic E-state index is -2.57. The van der Waals surface area contributed by atoms with E-state index in [0.29, 0.717) is 6.61 Å². The zero-order chi connectivity index (χ0) is 23.7.